The molecule has 128 valence electrons. The summed E-state index contributed by atoms with van der Waals surface area (Å²) in [5.41, 5.74) is 2.54. The highest BCUT2D eigenvalue weighted by molar-refractivity contribution is 7.91. The molecule has 1 aliphatic heterocycles. The van der Waals surface area contributed by atoms with Gasteiger partial charge in [0, 0.05) is 6.42 Å². The number of aromatic hydroxyl groups is 1. The molecule has 8 heteroatoms. The van der Waals surface area contributed by atoms with E-state index < -0.39 is 16.1 Å². The van der Waals surface area contributed by atoms with E-state index in [0.717, 1.165) is 21.6 Å². The van der Waals surface area contributed by atoms with Crippen molar-refractivity contribution in [3.8, 4) is 22.9 Å². The average Bonchev–Trinajstić information content (AvgIpc) is 2.86. The van der Waals surface area contributed by atoms with Gasteiger partial charge in [-0.2, -0.15) is 13.7 Å². The first-order valence-electron chi connectivity index (χ1n) is 7.43. The first-order chi connectivity index (χ1) is 11.9. The molecule has 1 heterocycles. The zero-order valence-corrected chi connectivity index (χ0v) is 13.9. The van der Waals surface area contributed by atoms with Gasteiger partial charge in [0.05, 0.1) is 12.3 Å². The van der Waals surface area contributed by atoms with Gasteiger partial charge in [-0.15, -0.1) is 0 Å². The van der Waals surface area contributed by atoms with Gasteiger partial charge in [0.15, 0.2) is 0 Å². The summed E-state index contributed by atoms with van der Waals surface area (Å²) in [6.07, 6.45) is 2.01. The van der Waals surface area contributed by atoms with E-state index in [-0.39, 0.29) is 11.4 Å². The number of rotatable bonds is 4. The molecule has 0 aliphatic carbocycles. The van der Waals surface area contributed by atoms with Crippen LogP contribution in [0.5, 0.6) is 5.75 Å². The Hall–Kier alpha value is -3.18. The molecule has 3 rings (SSSR count). The van der Waals surface area contributed by atoms with E-state index in [1.54, 1.807) is 6.07 Å². The van der Waals surface area contributed by atoms with Crippen molar-refractivity contribution in [2.75, 3.05) is 4.31 Å². The molecule has 0 bridgehead atoms. The minimum Gasteiger partial charge on any atom is -0.506 e. The molecule has 0 saturated heterocycles. The van der Waals surface area contributed by atoms with E-state index in [9.17, 15) is 18.6 Å². The Morgan fingerprint density at radius 2 is 1.88 bits per heavy atom. The zero-order valence-electron chi connectivity index (χ0n) is 13.0. The lowest BCUT2D eigenvalue weighted by Gasteiger charge is -2.16. The zero-order chi connectivity index (χ0) is 18.0. The van der Waals surface area contributed by atoms with Crippen molar-refractivity contribution in [1.82, 2.24) is 4.72 Å². The van der Waals surface area contributed by atoms with Crippen LogP contribution in [0.1, 0.15) is 12.0 Å². The van der Waals surface area contributed by atoms with Crippen LogP contribution in [0.4, 0.5) is 5.69 Å². The number of nitrogens with one attached hydrogen (secondary N) is 1. The summed E-state index contributed by atoms with van der Waals surface area (Å²) in [5, 5.41) is 28.2. The van der Waals surface area contributed by atoms with Gasteiger partial charge in [0.25, 0.3) is 0 Å². The third kappa shape index (κ3) is 3.36. The van der Waals surface area contributed by atoms with Crippen molar-refractivity contribution >= 4 is 15.9 Å². The quantitative estimate of drug-likeness (QED) is 0.778. The maximum Gasteiger partial charge on any atom is 0.330 e. The van der Waals surface area contributed by atoms with Crippen LogP contribution in [0, 0.1) is 11.3 Å². The highest BCUT2D eigenvalue weighted by Gasteiger charge is 2.30. The normalized spacial score (nSPS) is 15.3. The second-order valence-electron chi connectivity index (χ2n) is 5.48. The van der Waals surface area contributed by atoms with Crippen molar-refractivity contribution in [2.45, 2.75) is 12.8 Å². The van der Waals surface area contributed by atoms with Crippen LogP contribution in [0.2, 0.25) is 0 Å². The van der Waals surface area contributed by atoms with Gasteiger partial charge in [0.2, 0.25) is 5.88 Å². The number of anilines is 1. The summed E-state index contributed by atoms with van der Waals surface area (Å²) in [6, 6.07) is 14.2. The van der Waals surface area contributed by atoms with E-state index in [1.807, 2.05) is 29.0 Å². The molecule has 0 radical (unpaired) electrons. The van der Waals surface area contributed by atoms with Gasteiger partial charge >= 0.3 is 10.2 Å². The molecule has 0 amide bonds. The van der Waals surface area contributed by atoms with E-state index in [1.165, 1.54) is 12.1 Å². The summed E-state index contributed by atoms with van der Waals surface area (Å²) in [5.74, 6) is -0.760. The molecule has 0 spiro atoms. The maximum absolute atomic E-state index is 12.0. The minimum atomic E-state index is -3.99. The number of hydrogen-bond acceptors (Lipinski definition) is 5. The molecule has 0 aromatic heterocycles. The predicted octanol–water partition coefficient (Wildman–Crippen LogP) is 2.53. The third-order valence-corrected chi connectivity index (χ3v) is 5.02. The Labute approximate surface area is 145 Å². The number of aliphatic hydroxyl groups is 1. The van der Waals surface area contributed by atoms with Gasteiger partial charge in [0.1, 0.15) is 11.4 Å². The lowest BCUT2D eigenvalue weighted by atomic mass is 10.0. The molecular formula is C17H15N3O4S. The van der Waals surface area contributed by atoms with Crippen LogP contribution in [-0.4, -0.2) is 18.6 Å². The van der Waals surface area contributed by atoms with Crippen molar-refractivity contribution in [2.24, 2.45) is 0 Å². The largest absolute Gasteiger partial charge is 0.506 e. The molecular weight excluding hydrogens is 342 g/mol. The van der Waals surface area contributed by atoms with E-state index in [2.05, 4.69) is 6.07 Å². The Balaban J connectivity index is 2.02. The molecule has 1 aliphatic rings. The summed E-state index contributed by atoms with van der Waals surface area (Å²) in [6.45, 7) is 0. The Morgan fingerprint density at radius 3 is 2.56 bits per heavy atom. The lowest BCUT2D eigenvalue weighted by Crippen LogP contribution is -2.29. The summed E-state index contributed by atoms with van der Waals surface area (Å²) < 4.78 is 26.7. The first kappa shape index (κ1) is 16.7. The monoisotopic (exact) mass is 357 g/mol. The molecule has 7 nitrogen and oxygen atoms in total. The SMILES string of the molecule is N#CCCc1cccc(-c2ccc(O)c(N3C=C(O)NS3(=O)=O)c2)c1. The number of nitrogens with zero attached hydrogens (tertiary/aromatic N) is 2. The van der Waals surface area contributed by atoms with E-state index >= 15 is 0 Å². The van der Waals surface area contributed by atoms with Crippen molar-refractivity contribution in [3.05, 3.63) is 60.1 Å². The van der Waals surface area contributed by atoms with Crippen molar-refractivity contribution in [3.63, 3.8) is 0 Å². The molecule has 25 heavy (non-hydrogen) atoms. The second kappa shape index (κ2) is 6.37. The van der Waals surface area contributed by atoms with E-state index in [0.29, 0.717) is 18.4 Å². The Bertz CT molecular complexity index is 993. The van der Waals surface area contributed by atoms with Crippen LogP contribution in [0.3, 0.4) is 0 Å². The van der Waals surface area contributed by atoms with Crippen LogP contribution in [0.25, 0.3) is 11.1 Å². The second-order valence-corrected chi connectivity index (χ2v) is 7.03. The minimum absolute atomic E-state index is 0.0245. The van der Waals surface area contributed by atoms with Gasteiger partial charge < -0.3 is 10.2 Å². The highest BCUT2D eigenvalue weighted by atomic mass is 32.2. The first-order valence-corrected chi connectivity index (χ1v) is 8.87. The summed E-state index contributed by atoms with van der Waals surface area (Å²) in [7, 11) is -3.99. The van der Waals surface area contributed by atoms with Crippen molar-refractivity contribution < 1.29 is 18.6 Å². The van der Waals surface area contributed by atoms with Gasteiger partial charge in [-0.3, -0.25) is 0 Å². The summed E-state index contributed by atoms with van der Waals surface area (Å²) in [4.78, 5) is 0. The molecule has 0 unspecified atom stereocenters. The fourth-order valence-electron chi connectivity index (χ4n) is 2.57. The lowest BCUT2D eigenvalue weighted by molar-refractivity contribution is 0.392. The molecule has 0 saturated carbocycles. The maximum atomic E-state index is 12.0. The molecule has 2 aromatic rings. The standard InChI is InChI=1S/C17H15N3O4S/c18-8-2-4-12-3-1-5-13(9-12)14-6-7-16(21)15(10-14)20-11-17(22)19-25(20,23)24/h1,3,5-7,9-11,19,21-22H,2,4H2. The van der Waals surface area contributed by atoms with E-state index in [4.69, 9.17) is 5.26 Å². The average molecular weight is 357 g/mol. The number of hydrogen-bond donors (Lipinski definition) is 3. The van der Waals surface area contributed by atoms with Gasteiger partial charge in [-0.05, 0) is 35.2 Å². The Morgan fingerprint density at radius 1 is 1.12 bits per heavy atom. The highest BCUT2D eigenvalue weighted by Crippen LogP contribution is 2.35. The fraction of sp³-hybridized carbons (Fsp3) is 0.118. The van der Waals surface area contributed by atoms with Crippen LogP contribution < -0.4 is 9.03 Å². The Kier molecular flexibility index (Phi) is 4.25. The fourth-order valence-corrected chi connectivity index (χ4v) is 3.63. The van der Waals surface area contributed by atoms with Gasteiger partial charge in [-0.25, -0.2) is 9.03 Å². The number of phenolic OH excluding ortho intramolecular Hbond substituents is 1. The van der Waals surface area contributed by atoms with Crippen LogP contribution in [0.15, 0.2) is 54.5 Å². The molecule has 2 aromatic carbocycles. The molecule has 0 atom stereocenters. The number of benzene rings is 2. The third-order valence-electron chi connectivity index (χ3n) is 3.73. The number of phenols is 1. The number of aliphatic hydroxyl groups excluding tert-OH is 1. The van der Waals surface area contributed by atoms with Crippen molar-refractivity contribution in [1.29, 1.82) is 5.26 Å². The topological polar surface area (TPSA) is 114 Å². The molecule has 3 N–H and O–H groups in total. The van der Waals surface area contributed by atoms with Crippen LogP contribution >= 0.6 is 0 Å². The number of nitriles is 1. The van der Waals surface area contributed by atoms with Gasteiger partial charge in [-0.1, -0.05) is 30.3 Å². The number of aryl methyl sites for hydroxylation is 1. The van der Waals surface area contributed by atoms with Crippen LogP contribution in [-0.2, 0) is 16.6 Å². The summed E-state index contributed by atoms with van der Waals surface area (Å²) >= 11 is 0. The predicted molar refractivity (Wildman–Crippen MR) is 92.7 cm³/mol. The molecule has 0 fully saturated rings. The smallest absolute Gasteiger partial charge is 0.330 e.